The summed E-state index contributed by atoms with van der Waals surface area (Å²) in [6.07, 6.45) is 5.79. The molecular weight excluding hydrogens is 488 g/mol. The summed E-state index contributed by atoms with van der Waals surface area (Å²) in [7, 11) is 3.71. The molecular formula is C31H44N6O2. The second-order valence-electron chi connectivity index (χ2n) is 10.7. The molecule has 3 aromatic rings. The second-order valence-corrected chi connectivity index (χ2v) is 10.7. The van der Waals surface area contributed by atoms with Gasteiger partial charge in [-0.2, -0.15) is 5.10 Å². The fourth-order valence-corrected chi connectivity index (χ4v) is 4.84. The van der Waals surface area contributed by atoms with E-state index in [1.165, 1.54) is 11.1 Å². The Morgan fingerprint density at radius 3 is 2.36 bits per heavy atom. The van der Waals surface area contributed by atoms with E-state index in [-0.39, 0.29) is 32.3 Å². The Hall–Kier alpha value is -3.65. The summed E-state index contributed by atoms with van der Waals surface area (Å²) in [5.41, 5.74) is 6.35. The number of aromatic nitrogens is 2. The fourth-order valence-electron chi connectivity index (χ4n) is 4.84. The van der Waals surface area contributed by atoms with Gasteiger partial charge in [0, 0.05) is 51.2 Å². The van der Waals surface area contributed by atoms with Gasteiger partial charge in [0.1, 0.15) is 0 Å². The Balaban J connectivity index is 0.00000420. The van der Waals surface area contributed by atoms with E-state index in [1.807, 2.05) is 56.5 Å². The lowest BCUT2D eigenvalue weighted by molar-refractivity contribution is -0.145. The molecule has 1 aliphatic rings. The summed E-state index contributed by atoms with van der Waals surface area (Å²) >= 11 is 0. The Kier molecular flexibility index (Phi) is 10.3. The number of nitrogens with one attached hydrogen (secondary N) is 1. The summed E-state index contributed by atoms with van der Waals surface area (Å²) in [6, 6.07) is 14.4. The van der Waals surface area contributed by atoms with Gasteiger partial charge in [-0.1, -0.05) is 57.7 Å². The number of carbonyl (C=O) groups excluding carboxylic acids is 2. The maximum absolute atomic E-state index is 13.5. The first-order valence-electron chi connectivity index (χ1n) is 13.4. The van der Waals surface area contributed by atoms with Crippen molar-refractivity contribution in [2.24, 2.45) is 13.0 Å². The van der Waals surface area contributed by atoms with Gasteiger partial charge in [0.05, 0.1) is 19.3 Å². The number of likely N-dealkylation sites (N-methyl/N-ethyl adjacent to an activating group) is 1. The molecule has 0 atom stereocenters. The smallest absolute Gasteiger partial charge is 0.256 e. The highest BCUT2D eigenvalue weighted by Gasteiger charge is 2.27. The Morgan fingerprint density at radius 1 is 1.05 bits per heavy atom. The van der Waals surface area contributed by atoms with Crippen LogP contribution in [0.3, 0.4) is 0 Å². The molecule has 0 radical (unpaired) electrons. The molecule has 1 aliphatic heterocycles. The molecule has 8 nitrogen and oxygen atoms in total. The lowest BCUT2D eigenvalue weighted by Crippen LogP contribution is -2.48. The third kappa shape index (κ3) is 7.69. The predicted molar refractivity (Wildman–Crippen MR) is 158 cm³/mol. The molecule has 2 heterocycles. The number of hydrogen-bond donors (Lipinski definition) is 1. The molecule has 39 heavy (non-hydrogen) atoms. The van der Waals surface area contributed by atoms with Crippen molar-refractivity contribution in [3.63, 3.8) is 0 Å². The van der Waals surface area contributed by atoms with Gasteiger partial charge in [0.25, 0.3) is 5.91 Å². The lowest BCUT2D eigenvalue weighted by Gasteiger charge is -2.32. The van der Waals surface area contributed by atoms with Crippen LogP contribution in [0.1, 0.15) is 50.8 Å². The SMILES string of the molecule is C.Cc1ccc(-c2cnn(C)c2)cc1N(CC(=O)NCCCC(C)C)CC(=O)N(C)N1Cc2ccccc2C1. The summed E-state index contributed by atoms with van der Waals surface area (Å²) < 4.78 is 1.77. The number of rotatable bonds is 11. The standard InChI is InChI=1S/C30H40N6O2.CH4/c1-22(2)9-8-14-31-29(37)20-35(28-15-24(13-12-23(28)3)27-16-32-33(4)17-27)21-30(38)34(5)36-18-25-10-6-7-11-26(25)19-36;/h6-7,10-13,15-17,22H,8-9,14,18-21H2,1-5H3,(H,31,37);1H4. The van der Waals surface area contributed by atoms with Gasteiger partial charge < -0.3 is 10.2 Å². The van der Waals surface area contributed by atoms with Crippen molar-refractivity contribution >= 4 is 17.5 Å². The van der Waals surface area contributed by atoms with Gasteiger partial charge in [-0.15, -0.1) is 0 Å². The summed E-state index contributed by atoms with van der Waals surface area (Å²) in [5.74, 6) is 0.465. The molecule has 0 bridgehead atoms. The average Bonchev–Trinajstić information content (AvgIpc) is 3.52. The summed E-state index contributed by atoms with van der Waals surface area (Å²) in [5, 5.41) is 11.1. The number of hydrogen-bond acceptors (Lipinski definition) is 5. The zero-order valence-electron chi connectivity index (χ0n) is 23.3. The van der Waals surface area contributed by atoms with E-state index in [9.17, 15) is 9.59 Å². The maximum atomic E-state index is 13.5. The van der Waals surface area contributed by atoms with E-state index in [0.29, 0.717) is 25.6 Å². The van der Waals surface area contributed by atoms with Crippen molar-refractivity contribution in [3.05, 3.63) is 71.5 Å². The van der Waals surface area contributed by atoms with Gasteiger partial charge in [0.2, 0.25) is 5.91 Å². The Labute approximate surface area is 233 Å². The van der Waals surface area contributed by atoms with E-state index in [2.05, 4.69) is 53.5 Å². The third-order valence-electron chi connectivity index (χ3n) is 7.14. The highest BCUT2D eigenvalue weighted by atomic mass is 16.2. The number of benzene rings is 2. The topological polar surface area (TPSA) is 73.7 Å². The first-order chi connectivity index (χ1) is 18.2. The predicted octanol–water partition coefficient (Wildman–Crippen LogP) is 4.78. The van der Waals surface area contributed by atoms with Crippen LogP contribution in [0.4, 0.5) is 5.69 Å². The number of aryl methyl sites for hydroxylation is 2. The van der Waals surface area contributed by atoms with Gasteiger partial charge in [-0.25, -0.2) is 5.01 Å². The van der Waals surface area contributed by atoms with E-state index in [4.69, 9.17) is 0 Å². The molecule has 0 fully saturated rings. The number of anilines is 1. The second kappa shape index (κ2) is 13.4. The molecule has 210 valence electrons. The molecule has 8 heteroatoms. The minimum atomic E-state index is -0.0797. The average molecular weight is 533 g/mol. The van der Waals surface area contributed by atoms with E-state index >= 15 is 0 Å². The minimum absolute atomic E-state index is 0. The highest BCUT2D eigenvalue weighted by Crippen LogP contribution is 2.28. The monoisotopic (exact) mass is 532 g/mol. The third-order valence-corrected chi connectivity index (χ3v) is 7.14. The number of fused-ring (bicyclic) bond motifs is 1. The number of nitrogens with zero attached hydrogens (tertiary/aromatic N) is 5. The van der Waals surface area contributed by atoms with Gasteiger partial charge >= 0.3 is 0 Å². The van der Waals surface area contributed by atoms with Gasteiger partial charge in [-0.3, -0.25) is 19.3 Å². The van der Waals surface area contributed by atoms with Crippen LogP contribution in [0.25, 0.3) is 11.1 Å². The molecule has 4 rings (SSSR count). The van der Waals surface area contributed by atoms with Crippen LogP contribution >= 0.6 is 0 Å². The fraction of sp³-hybridized carbons (Fsp3) is 0.452. The van der Waals surface area contributed by atoms with Crippen molar-refractivity contribution < 1.29 is 9.59 Å². The molecule has 0 unspecified atom stereocenters. The molecule has 2 amide bonds. The molecule has 0 saturated carbocycles. The lowest BCUT2D eigenvalue weighted by atomic mass is 10.0. The molecule has 0 aliphatic carbocycles. The van der Waals surface area contributed by atoms with Crippen LogP contribution in [0.5, 0.6) is 0 Å². The maximum Gasteiger partial charge on any atom is 0.256 e. The number of amides is 2. The van der Waals surface area contributed by atoms with Crippen LogP contribution < -0.4 is 10.2 Å². The normalized spacial score (nSPS) is 12.7. The molecule has 1 aromatic heterocycles. The van der Waals surface area contributed by atoms with Crippen molar-refractivity contribution in [1.82, 2.24) is 25.1 Å². The molecule has 2 aromatic carbocycles. The molecule has 0 spiro atoms. The van der Waals surface area contributed by atoms with E-state index in [1.54, 1.807) is 9.69 Å². The zero-order chi connectivity index (χ0) is 27.2. The van der Waals surface area contributed by atoms with Gasteiger partial charge in [-0.05, 0) is 54.0 Å². The summed E-state index contributed by atoms with van der Waals surface area (Å²) in [4.78, 5) is 28.4. The Morgan fingerprint density at radius 2 is 1.74 bits per heavy atom. The van der Waals surface area contributed by atoms with E-state index < -0.39 is 0 Å². The quantitative estimate of drug-likeness (QED) is 0.360. The largest absolute Gasteiger partial charge is 0.355 e. The van der Waals surface area contributed by atoms with Crippen LogP contribution in [-0.4, -0.2) is 58.3 Å². The minimum Gasteiger partial charge on any atom is -0.355 e. The van der Waals surface area contributed by atoms with Crippen LogP contribution in [0.2, 0.25) is 0 Å². The number of hydrazine groups is 1. The van der Waals surface area contributed by atoms with Crippen molar-refractivity contribution in [2.75, 3.05) is 31.6 Å². The number of carbonyl (C=O) groups is 2. The first-order valence-corrected chi connectivity index (χ1v) is 13.4. The Bertz CT molecular complexity index is 1240. The van der Waals surface area contributed by atoms with Crippen molar-refractivity contribution in [1.29, 1.82) is 0 Å². The van der Waals surface area contributed by atoms with Crippen molar-refractivity contribution in [3.8, 4) is 11.1 Å². The zero-order valence-corrected chi connectivity index (χ0v) is 23.3. The van der Waals surface area contributed by atoms with Gasteiger partial charge in [0.15, 0.2) is 0 Å². The molecule has 1 N–H and O–H groups in total. The van der Waals surface area contributed by atoms with Crippen LogP contribution in [0.15, 0.2) is 54.9 Å². The van der Waals surface area contributed by atoms with E-state index in [0.717, 1.165) is 35.2 Å². The molecule has 0 saturated heterocycles. The van der Waals surface area contributed by atoms with Crippen LogP contribution in [-0.2, 0) is 29.7 Å². The van der Waals surface area contributed by atoms with Crippen molar-refractivity contribution in [2.45, 2.75) is 54.1 Å². The first kappa shape index (κ1) is 29.9. The highest BCUT2D eigenvalue weighted by molar-refractivity contribution is 5.87. The summed E-state index contributed by atoms with van der Waals surface area (Å²) in [6.45, 7) is 8.62. The van der Waals surface area contributed by atoms with Crippen LogP contribution in [0, 0.1) is 12.8 Å².